The number of carbonyl (C=O) groups is 2. The largest absolute Gasteiger partial charge is 0.445 e. The van der Waals surface area contributed by atoms with Crippen LogP contribution < -0.4 is 0 Å². The van der Waals surface area contributed by atoms with Crippen molar-refractivity contribution in [1.29, 1.82) is 0 Å². The zero-order valence-corrected chi connectivity index (χ0v) is 16.9. The summed E-state index contributed by atoms with van der Waals surface area (Å²) in [4.78, 5) is 25.8. The highest BCUT2D eigenvalue weighted by Crippen LogP contribution is 2.27. The Hall–Kier alpha value is -0.270. The van der Waals surface area contributed by atoms with Crippen molar-refractivity contribution < 1.29 is 23.8 Å². The van der Waals surface area contributed by atoms with E-state index in [0.29, 0.717) is 13.2 Å². The van der Waals surface area contributed by atoms with Gasteiger partial charge in [-0.1, -0.05) is 61.5 Å². The molecule has 1 aliphatic heterocycles. The van der Waals surface area contributed by atoms with E-state index in [1.165, 1.54) is 4.90 Å². The second kappa shape index (κ2) is 11.4. The number of likely N-dealkylation sites (tertiary alicyclic amines) is 1. The first-order chi connectivity index (χ1) is 11.8. The lowest BCUT2D eigenvalue weighted by atomic mass is 10.1. The van der Waals surface area contributed by atoms with E-state index in [1.54, 1.807) is 0 Å². The normalized spacial score (nSPS) is 21.0. The molecule has 1 fully saturated rings. The third-order valence-electron chi connectivity index (χ3n) is 3.71. The van der Waals surface area contributed by atoms with Crippen LogP contribution in [0, 0.1) is 0 Å². The zero-order chi connectivity index (χ0) is 18.9. The number of ether oxygens (including phenoxy) is 3. The van der Waals surface area contributed by atoms with Crippen LogP contribution in [0.2, 0.25) is 0 Å². The van der Waals surface area contributed by atoms with Crippen molar-refractivity contribution in [3.63, 3.8) is 0 Å². The average molecular weight is 419 g/mol. The summed E-state index contributed by atoms with van der Waals surface area (Å²) in [5.41, 5.74) is 0. The Balaban J connectivity index is 2.70. The summed E-state index contributed by atoms with van der Waals surface area (Å²) in [5.74, 6) is -0.175. The third-order valence-corrected chi connectivity index (χ3v) is 4.04. The number of nitrogens with zero attached hydrogens (tertiary/aromatic N) is 1. The third kappa shape index (κ3) is 8.31. The van der Waals surface area contributed by atoms with Crippen LogP contribution in [0.5, 0.6) is 0 Å². The number of hydrogen-bond acceptors (Lipinski definition) is 5. The molecule has 0 aliphatic carbocycles. The molecule has 2 atom stereocenters. The maximum absolute atomic E-state index is 12.3. The molecule has 0 unspecified atom stereocenters. The van der Waals surface area contributed by atoms with Crippen molar-refractivity contribution >= 4 is 46.7 Å². The van der Waals surface area contributed by atoms with Crippen LogP contribution in [-0.4, -0.2) is 65.7 Å². The highest BCUT2D eigenvalue weighted by molar-refractivity contribution is 6.67. The van der Waals surface area contributed by atoms with Gasteiger partial charge in [0.2, 0.25) is 3.79 Å². The molecule has 146 valence electrons. The quantitative estimate of drug-likeness (QED) is 0.399. The van der Waals surface area contributed by atoms with E-state index in [-0.39, 0.29) is 18.9 Å². The number of amides is 1. The van der Waals surface area contributed by atoms with Crippen molar-refractivity contribution in [2.24, 2.45) is 0 Å². The van der Waals surface area contributed by atoms with Gasteiger partial charge in [0.15, 0.2) is 5.78 Å². The van der Waals surface area contributed by atoms with Gasteiger partial charge in [0.1, 0.15) is 12.7 Å². The Morgan fingerprint density at radius 2 is 1.84 bits per heavy atom. The van der Waals surface area contributed by atoms with Gasteiger partial charge in [-0.15, -0.1) is 0 Å². The summed E-state index contributed by atoms with van der Waals surface area (Å²) in [5, 5.41) is 0. The van der Waals surface area contributed by atoms with Crippen LogP contribution in [-0.2, 0) is 19.0 Å². The van der Waals surface area contributed by atoms with Gasteiger partial charge in [0.05, 0.1) is 19.2 Å². The Morgan fingerprint density at radius 3 is 2.44 bits per heavy atom. The SMILES string of the molecule is CCCCOC[C@@H]1[C@@H](OCCCC)C(=O)CN1C(=O)OCC(Cl)(Cl)Cl. The fourth-order valence-electron chi connectivity index (χ4n) is 2.37. The molecule has 0 saturated carbocycles. The zero-order valence-electron chi connectivity index (χ0n) is 14.6. The molecule has 0 aromatic carbocycles. The van der Waals surface area contributed by atoms with Crippen molar-refractivity contribution in [3.05, 3.63) is 0 Å². The number of carbonyl (C=O) groups excluding carboxylic acids is 2. The molecule has 1 aliphatic rings. The van der Waals surface area contributed by atoms with Gasteiger partial charge < -0.3 is 14.2 Å². The minimum Gasteiger partial charge on any atom is -0.445 e. The fourth-order valence-corrected chi connectivity index (χ4v) is 2.53. The number of ketones is 1. The highest BCUT2D eigenvalue weighted by Gasteiger charge is 2.45. The Bertz CT molecular complexity index is 430. The lowest BCUT2D eigenvalue weighted by Crippen LogP contribution is -2.44. The second-order valence-corrected chi connectivity index (χ2v) is 8.42. The maximum Gasteiger partial charge on any atom is 0.410 e. The molecular weight excluding hydrogens is 393 g/mol. The molecule has 1 saturated heterocycles. The number of unbranched alkanes of at least 4 members (excludes halogenated alkanes) is 2. The molecule has 1 heterocycles. The molecule has 0 radical (unpaired) electrons. The lowest BCUT2D eigenvalue weighted by Gasteiger charge is -2.27. The molecule has 6 nitrogen and oxygen atoms in total. The molecule has 0 spiro atoms. The van der Waals surface area contributed by atoms with E-state index in [1.807, 2.05) is 6.92 Å². The molecule has 9 heteroatoms. The van der Waals surface area contributed by atoms with Crippen LogP contribution in [0.1, 0.15) is 39.5 Å². The summed E-state index contributed by atoms with van der Waals surface area (Å²) < 4.78 is 14.6. The minimum absolute atomic E-state index is 0.0999. The van der Waals surface area contributed by atoms with Gasteiger partial charge in [-0.25, -0.2) is 4.79 Å². The Kier molecular flexibility index (Phi) is 10.4. The summed E-state index contributed by atoms with van der Waals surface area (Å²) in [6.45, 7) is 4.80. The highest BCUT2D eigenvalue weighted by atomic mass is 35.6. The monoisotopic (exact) mass is 417 g/mol. The lowest BCUT2D eigenvalue weighted by molar-refractivity contribution is -0.127. The Morgan fingerprint density at radius 1 is 1.20 bits per heavy atom. The standard InChI is InChI=1S/C16H26Cl3NO5/c1-3-5-7-23-10-12-14(24-8-6-4-2)13(21)9-20(12)15(22)25-11-16(17,18)19/h12,14H,3-11H2,1-2H3/t12-,14-/m1/s1. The van der Waals surface area contributed by atoms with Gasteiger partial charge in [-0.05, 0) is 12.8 Å². The van der Waals surface area contributed by atoms with Crippen LogP contribution in [0.4, 0.5) is 4.79 Å². The molecule has 0 bridgehead atoms. The van der Waals surface area contributed by atoms with E-state index in [9.17, 15) is 9.59 Å². The number of halogens is 3. The smallest absolute Gasteiger partial charge is 0.410 e. The van der Waals surface area contributed by atoms with Crippen LogP contribution in [0.3, 0.4) is 0 Å². The summed E-state index contributed by atoms with van der Waals surface area (Å²) >= 11 is 16.8. The predicted octanol–water partition coefficient (Wildman–Crippen LogP) is 3.75. The minimum atomic E-state index is -1.70. The number of Topliss-reactive ketones (excluding diaryl/α,β-unsaturated/α-hetero) is 1. The molecule has 0 N–H and O–H groups in total. The van der Waals surface area contributed by atoms with E-state index < -0.39 is 28.6 Å². The van der Waals surface area contributed by atoms with Crippen LogP contribution in [0.25, 0.3) is 0 Å². The summed E-state index contributed by atoms with van der Waals surface area (Å²) in [6, 6.07) is -0.538. The first kappa shape index (κ1) is 22.8. The molecule has 1 amide bonds. The fraction of sp³-hybridized carbons (Fsp3) is 0.875. The first-order valence-corrected chi connectivity index (χ1v) is 9.65. The maximum atomic E-state index is 12.3. The van der Waals surface area contributed by atoms with Gasteiger partial charge in [-0.2, -0.15) is 0 Å². The Labute approximate surface area is 164 Å². The van der Waals surface area contributed by atoms with Crippen molar-refractivity contribution in [3.8, 4) is 0 Å². The molecular formula is C16H26Cl3NO5. The van der Waals surface area contributed by atoms with E-state index in [0.717, 1.165) is 25.7 Å². The first-order valence-electron chi connectivity index (χ1n) is 8.52. The average Bonchev–Trinajstić information content (AvgIpc) is 2.85. The molecule has 0 aromatic heterocycles. The van der Waals surface area contributed by atoms with Gasteiger partial charge in [0, 0.05) is 13.2 Å². The van der Waals surface area contributed by atoms with Gasteiger partial charge in [-0.3, -0.25) is 9.69 Å². The second-order valence-electron chi connectivity index (χ2n) is 5.90. The van der Waals surface area contributed by atoms with Gasteiger partial charge in [0.25, 0.3) is 0 Å². The van der Waals surface area contributed by atoms with E-state index in [2.05, 4.69) is 6.92 Å². The van der Waals surface area contributed by atoms with Gasteiger partial charge >= 0.3 is 6.09 Å². The van der Waals surface area contributed by atoms with Crippen molar-refractivity contribution in [1.82, 2.24) is 4.90 Å². The van der Waals surface area contributed by atoms with Crippen LogP contribution in [0.15, 0.2) is 0 Å². The van der Waals surface area contributed by atoms with E-state index in [4.69, 9.17) is 49.0 Å². The number of alkyl halides is 3. The van der Waals surface area contributed by atoms with Crippen LogP contribution >= 0.6 is 34.8 Å². The number of hydrogen-bond donors (Lipinski definition) is 0. The van der Waals surface area contributed by atoms with E-state index >= 15 is 0 Å². The summed E-state index contributed by atoms with van der Waals surface area (Å²) in [6.07, 6.45) is 2.26. The predicted molar refractivity (Wildman–Crippen MR) is 97.5 cm³/mol. The van der Waals surface area contributed by atoms with Crippen molar-refractivity contribution in [2.75, 3.05) is 33.0 Å². The molecule has 25 heavy (non-hydrogen) atoms. The summed E-state index contributed by atoms with van der Waals surface area (Å²) in [7, 11) is 0. The topological polar surface area (TPSA) is 65.1 Å². The molecule has 1 rings (SSSR count). The number of rotatable bonds is 10. The van der Waals surface area contributed by atoms with Crippen molar-refractivity contribution in [2.45, 2.75) is 55.5 Å². The molecule has 0 aromatic rings.